The molecule has 0 saturated heterocycles. The fourth-order valence-electron chi connectivity index (χ4n) is 1.81. The maximum Gasteiger partial charge on any atom is 0.265 e. The molecule has 4 N–H and O–H groups in total. The average Bonchev–Trinajstić information content (AvgIpc) is 2.91. The van der Waals surface area contributed by atoms with E-state index in [9.17, 15) is 9.59 Å². The third-order valence-electron chi connectivity index (χ3n) is 2.85. The number of hydrogen-bond acceptors (Lipinski definition) is 5. The van der Waals surface area contributed by atoms with Crippen molar-refractivity contribution in [1.29, 1.82) is 0 Å². The van der Waals surface area contributed by atoms with Crippen LogP contribution in [0.15, 0.2) is 29.6 Å². The van der Waals surface area contributed by atoms with Crippen LogP contribution in [-0.4, -0.2) is 16.8 Å². The first-order valence-electron chi connectivity index (χ1n) is 6.40. The van der Waals surface area contributed by atoms with Crippen LogP contribution in [0.3, 0.4) is 0 Å². The molecule has 110 valence electrons. The zero-order valence-corrected chi connectivity index (χ0v) is 12.4. The Bertz CT molecular complexity index is 637. The number of carbonyl (C=O) groups excluding carboxylic acids is 2. The summed E-state index contributed by atoms with van der Waals surface area (Å²) < 4.78 is 0. The second kappa shape index (κ2) is 6.96. The number of amides is 2. The number of nitrogens with two attached hydrogens (primary N) is 1. The molecule has 0 fully saturated rings. The Morgan fingerprint density at radius 2 is 1.95 bits per heavy atom. The van der Waals surface area contributed by atoms with E-state index in [0.29, 0.717) is 10.7 Å². The normalized spacial score (nSPS) is 10.2. The number of nitrogens with one attached hydrogen (secondary N) is 2. The van der Waals surface area contributed by atoms with Gasteiger partial charge < -0.3 is 5.32 Å². The van der Waals surface area contributed by atoms with Crippen LogP contribution in [0.2, 0.25) is 0 Å². The van der Waals surface area contributed by atoms with Gasteiger partial charge in [0.1, 0.15) is 0 Å². The van der Waals surface area contributed by atoms with Crippen molar-refractivity contribution in [3.05, 3.63) is 46.5 Å². The third kappa shape index (κ3) is 4.37. The van der Waals surface area contributed by atoms with Gasteiger partial charge in [-0.15, -0.1) is 11.3 Å². The average molecular weight is 304 g/mol. The molecule has 0 spiro atoms. The predicted octanol–water partition coefficient (Wildman–Crippen LogP) is 1.49. The van der Waals surface area contributed by atoms with Gasteiger partial charge >= 0.3 is 0 Å². The molecule has 6 nitrogen and oxygen atoms in total. The summed E-state index contributed by atoms with van der Waals surface area (Å²) in [5.74, 6) is 4.65. The van der Waals surface area contributed by atoms with Crippen LogP contribution in [0.1, 0.15) is 28.5 Å². The van der Waals surface area contributed by atoms with Crippen molar-refractivity contribution in [1.82, 2.24) is 10.4 Å². The van der Waals surface area contributed by atoms with Gasteiger partial charge in [-0.1, -0.05) is 12.1 Å². The lowest BCUT2D eigenvalue weighted by atomic mass is 10.1. The molecule has 0 aliphatic rings. The summed E-state index contributed by atoms with van der Waals surface area (Å²) in [5, 5.41) is 5.21. The van der Waals surface area contributed by atoms with E-state index >= 15 is 0 Å². The smallest absolute Gasteiger partial charge is 0.265 e. The maximum atomic E-state index is 11.3. The molecule has 0 aliphatic heterocycles. The van der Waals surface area contributed by atoms with Crippen molar-refractivity contribution in [2.75, 3.05) is 5.32 Å². The summed E-state index contributed by atoms with van der Waals surface area (Å²) in [4.78, 5) is 26.6. The van der Waals surface area contributed by atoms with Gasteiger partial charge in [-0.25, -0.2) is 10.8 Å². The lowest BCUT2D eigenvalue weighted by Gasteiger charge is -2.02. The van der Waals surface area contributed by atoms with Gasteiger partial charge in [0.2, 0.25) is 5.91 Å². The predicted molar refractivity (Wildman–Crippen MR) is 81.9 cm³/mol. The second-order valence-electron chi connectivity index (χ2n) is 4.50. The Labute approximate surface area is 126 Å². The van der Waals surface area contributed by atoms with Crippen LogP contribution >= 0.6 is 11.3 Å². The molecule has 0 saturated carbocycles. The Hall–Kier alpha value is -2.25. The van der Waals surface area contributed by atoms with Gasteiger partial charge in [0, 0.05) is 17.9 Å². The molecule has 7 heteroatoms. The van der Waals surface area contributed by atoms with Crippen LogP contribution in [0.4, 0.5) is 5.13 Å². The van der Waals surface area contributed by atoms with E-state index in [1.54, 1.807) is 12.1 Å². The summed E-state index contributed by atoms with van der Waals surface area (Å²) >= 11 is 1.41. The summed E-state index contributed by atoms with van der Waals surface area (Å²) in [6.07, 6.45) is 1.59. The highest BCUT2D eigenvalue weighted by molar-refractivity contribution is 7.13. The lowest BCUT2D eigenvalue weighted by Crippen LogP contribution is -2.29. The summed E-state index contributed by atoms with van der Waals surface area (Å²) in [6, 6.07) is 7.26. The highest BCUT2D eigenvalue weighted by Crippen LogP contribution is 2.17. The number of benzene rings is 1. The minimum Gasteiger partial charge on any atom is -0.302 e. The quantitative estimate of drug-likeness (QED) is 0.443. The van der Waals surface area contributed by atoms with Gasteiger partial charge in [-0.05, 0) is 30.5 Å². The number of anilines is 1. The van der Waals surface area contributed by atoms with Crippen molar-refractivity contribution >= 4 is 28.3 Å². The van der Waals surface area contributed by atoms with Crippen LogP contribution in [-0.2, 0) is 17.6 Å². The summed E-state index contributed by atoms with van der Waals surface area (Å²) in [5.41, 5.74) is 4.67. The van der Waals surface area contributed by atoms with Crippen molar-refractivity contribution in [2.45, 2.75) is 19.8 Å². The van der Waals surface area contributed by atoms with Crippen LogP contribution in [0, 0.1) is 0 Å². The van der Waals surface area contributed by atoms with E-state index in [4.69, 9.17) is 5.84 Å². The standard InChI is InChI=1S/C14H16N4O2S/c1-9(19)16-14-17-12(8-21-14)7-4-10-2-5-11(6-3-10)13(20)18-15/h2-3,5-6,8H,4,7,15H2,1H3,(H,18,20)(H,16,17,19). The fraction of sp³-hybridized carbons (Fsp3) is 0.214. The fourth-order valence-corrected chi connectivity index (χ4v) is 2.60. The largest absolute Gasteiger partial charge is 0.302 e. The molecule has 2 amide bonds. The molecule has 1 aromatic carbocycles. The van der Waals surface area contributed by atoms with E-state index in [0.717, 1.165) is 24.1 Å². The Kier molecular flexibility index (Phi) is 5.02. The topological polar surface area (TPSA) is 97.1 Å². The van der Waals surface area contributed by atoms with E-state index in [1.165, 1.54) is 18.3 Å². The first kappa shape index (κ1) is 15.1. The van der Waals surface area contributed by atoms with Crippen molar-refractivity contribution in [2.24, 2.45) is 5.84 Å². The molecular formula is C14H16N4O2S. The Morgan fingerprint density at radius 1 is 1.24 bits per heavy atom. The van der Waals surface area contributed by atoms with Crippen LogP contribution < -0.4 is 16.6 Å². The van der Waals surface area contributed by atoms with Gasteiger partial charge in [0.15, 0.2) is 5.13 Å². The van der Waals surface area contributed by atoms with E-state index in [-0.39, 0.29) is 11.8 Å². The number of aromatic nitrogens is 1. The first-order valence-corrected chi connectivity index (χ1v) is 7.28. The van der Waals surface area contributed by atoms with Crippen LogP contribution in [0.5, 0.6) is 0 Å². The van der Waals surface area contributed by atoms with Crippen molar-refractivity contribution < 1.29 is 9.59 Å². The minimum absolute atomic E-state index is 0.121. The molecule has 1 aromatic heterocycles. The SMILES string of the molecule is CC(=O)Nc1nc(CCc2ccc(C(=O)NN)cc2)cs1. The Morgan fingerprint density at radius 3 is 2.57 bits per heavy atom. The van der Waals surface area contributed by atoms with Crippen LogP contribution in [0.25, 0.3) is 0 Å². The van der Waals surface area contributed by atoms with Crippen molar-refractivity contribution in [3.63, 3.8) is 0 Å². The first-order chi connectivity index (χ1) is 10.1. The number of rotatable bonds is 5. The summed E-state index contributed by atoms with van der Waals surface area (Å²) in [7, 11) is 0. The van der Waals surface area contributed by atoms with Gasteiger partial charge in [-0.2, -0.15) is 0 Å². The third-order valence-corrected chi connectivity index (χ3v) is 3.66. The monoisotopic (exact) mass is 304 g/mol. The number of nitrogens with zero attached hydrogens (tertiary/aromatic N) is 1. The van der Waals surface area contributed by atoms with Gasteiger partial charge in [0.25, 0.3) is 5.91 Å². The van der Waals surface area contributed by atoms with Crippen molar-refractivity contribution in [3.8, 4) is 0 Å². The molecular weight excluding hydrogens is 288 g/mol. The molecule has 21 heavy (non-hydrogen) atoms. The molecule has 2 aromatic rings. The highest BCUT2D eigenvalue weighted by Gasteiger charge is 2.05. The number of aryl methyl sites for hydroxylation is 2. The summed E-state index contributed by atoms with van der Waals surface area (Å²) in [6.45, 7) is 1.46. The van der Waals surface area contributed by atoms with Gasteiger partial charge in [-0.3, -0.25) is 15.0 Å². The lowest BCUT2D eigenvalue weighted by molar-refractivity contribution is -0.114. The van der Waals surface area contributed by atoms with E-state index in [1.807, 2.05) is 17.5 Å². The maximum absolute atomic E-state index is 11.3. The number of nitrogen functional groups attached to an aromatic ring is 1. The highest BCUT2D eigenvalue weighted by atomic mass is 32.1. The van der Waals surface area contributed by atoms with E-state index < -0.39 is 0 Å². The number of hydrogen-bond donors (Lipinski definition) is 3. The Balaban J connectivity index is 1.92. The zero-order valence-electron chi connectivity index (χ0n) is 11.6. The number of carbonyl (C=O) groups is 2. The number of thiazole rings is 1. The second-order valence-corrected chi connectivity index (χ2v) is 5.35. The molecule has 1 heterocycles. The molecule has 0 atom stereocenters. The zero-order chi connectivity index (χ0) is 15.2. The molecule has 0 unspecified atom stereocenters. The molecule has 2 rings (SSSR count). The van der Waals surface area contributed by atoms with Gasteiger partial charge in [0.05, 0.1) is 5.69 Å². The molecule has 0 aliphatic carbocycles. The number of hydrazine groups is 1. The van der Waals surface area contributed by atoms with E-state index in [2.05, 4.69) is 15.7 Å². The minimum atomic E-state index is -0.305. The molecule has 0 radical (unpaired) electrons. The molecule has 0 bridgehead atoms.